The zero-order chi connectivity index (χ0) is 13.9. The van der Waals surface area contributed by atoms with Crippen molar-refractivity contribution in [2.75, 3.05) is 17.2 Å². The van der Waals surface area contributed by atoms with Crippen LogP contribution in [-0.4, -0.2) is 6.54 Å². The predicted molar refractivity (Wildman–Crippen MR) is 81.2 cm³/mol. The second-order valence-corrected chi connectivity index (χ2v) is 5.33. The first-order chi connectivity index (χ1) is 9.75. The number of nitrogens with zero attached hydrogens (tertiary/aromatic N) is 1. The molecule has 0 amide bonds. The van der Waals surface area contributed by atoms with Gasteiger partial charge in [-0.2, -0.15) is 0 Å². The largest absolute Gasteiger partial charge is 0.396 e. The van der Waals surface area contributed by atoms with Gasteiger partial charge in [0.25, 0.3) is 0 Å². The summed E-state index contributed by atoms with van der Waals surface area (Å²) in [5.41, 5.74) is 9.14. The van der Waals surface area contributed by atoms with Gasteiger partial charge in [0.2, 0.25) is 0 Å². The molecule has 1 aliphatic rings. The molecule has 0 saturated carbocycles. The minimum absolute atomic E-state index is 0.227. The molecule has 0 fully saturated rings. The number of hydrogen-bond donors (Lipinski definition) is 1. The highest BCUT2D eigenvalue weighted by molar-refractivity contribution is 5.55. The van der Waals surface area contributed by atoms with Crippen molar-refractivity contribution in [3.05, 3.63) is 59.4 Å². The molecule has 0 unspecified atom stereocenters. The van der Waals surface area contributed by atoms with E-state index in [4.69, 9.17) is 5.73 Å². The van der Waals surface area contributed by atoms with E-state index in [0.29, 0.717) is 12.1 Å². The quantitative estimate of drug-likeness (QED) is 0.842. The van der Waals surface area contributed by atoms with E-state index in [1.807, 2.05) is 18.2 Å². The summed E-state index contributed by atoms with van der Waals surface area (Å²) in [5.74, 6) is -0.283. The molecule has 0 saturated heterocycles. The maximum Gasteiger partial charge on any atom is 0.151 e. The standard InChI is InChI=1S/C17H19FN2/c18-17-14(8-5-9-15(17)19)12-20-11-4-3-7-13-6-1-2-10-16(13)20/h1-2,5-6,8-10H,3-4,7,11-12,19H2. The van der Waals surface area contributed by atoms with Crippen LogP contribution in [0.25, 0.3) is 0 Å². The third kappa shape index (κ3) is 2.48. The number of anilines is 2. The summed E-state index contributed by atoms with van der Waals surface area (Å²) < 4.78 is 14.1. The Morgan fingerprint density at radius 2 is 1.90 bits per heavy atom. The summed E-state index contributed by atoms with van der Waals surface area (Å²) in [5, 5.41) is 0. The lowest BCUT2D eigenvalue weighted by Gasteiger charge is -2.25. The summed E-state index contributed by atoms with van der Waals surface area (Å²) in [6.45, 7) is 1.54. The van der Waals surface area contributed by atoms with E-state index in [2.05, 4.69) is 23.1 Å². The van der Waals surface area contributed by atoms with E-state index in [9.17, 15) is 4.39 Å². The van der Waals surface area contributed by atoms with Crippen molar-refractivity contribution >= 4 is 11.4 Å². The van der Waals surface area contributed by atoms with Gasteiger partial charge in [-0.25, -0.2) is 4.39 Å². The lowest BCUT2D eigenvalue weighted by molar-refractivity contribution is 0.606. The van der Waals surface area contributed by atoms with E-state index in [1.54, 1.807) is 6.07 Å². The van der Waals surface area contributed by atoms with Gasteiger partial charge in [-0.15, -0.1) is 0 Å². The van der Waals surface area contributed by atoms with E-state index in [-0.39, 0.29) is 11.5 Å². The molecular formula is C17H19FN2. The summed E-state index contributed by atoms with van der Waals surface area (Å²) >= 11 is 0. The Morgan fingerprint density at radius 1 is 1.05 bits per heavy atom. The smallest absolute Gasteiger partial charge is 0.151 e. The molecule has 0 radical (unpaired) electrons. The van der Waals surface area contributed by atoms with E-state index in [1.165, 1.54) is 17.7 Å². The number of aryl methyl sites for hydroxylation is 1. The highest BCUT2D eigenvalue weighted by Gasteiger charge is 2.16. The van der Waals surface area contributed by atoms with Gasteiger partial charge in [-0.3, -0.25) is 0 Å². The highest BCUT2D eigenvalue weighted by Crippen LogP contribution is 2.28. The average molecular weight is 270 g/mol. The number of hydrogen-bond acceptors (Lipinski definition) is 2. The third-order valence-electron chi connectivity index (χ3n) is 3.93. The Hall–Kier alpha value is -2.03. The summed E-state index contributed by atoms with van der Waals surface area (Å²) in [6.07, 6.45) is 3.43. The maximum absolute atomic E-state index is 14.1. The summed E-state index contributed by atoms with van der Waals surface area (Å²) in [7, 11) is 0. The van der Waals surface area contributed by atoms with Crippen LogP contribution in [0.1, 0.15) is 24.0 Å². The molecule has 1 aliphatic heterocycles. The van der Waals surface area contributed by atoms with Crippen molar-refractivity contribution in [3.8, 4) is 0 Å². The molecule has 0 bridgehead atoms. The minimum atomic E-state index is -0.283. The molecule has 0 atom stereocenters. The fraction of sp³-hybridized carbons (Fsp3) is 0.294. The van der Waals surface area contributed by atoms with Gasteiger partial charge < -0.3 is 10.6 Å². The Labute approximate surface area is 119 Å². The van der Waals surface area contributed by atoms with Crippen LogP contribution in [0.4, 0.5) is 15.8 Å². The Morgan fingerprint density at radius 3 is 2.80 bits per heavy atom. The van der Waals surface area contributed by atoms with Gasteiger partial charge in [-0.1, -0.05) is 30.3 Å². The maximum atomic E-state index is 14.1. The molecule has 20 heavy (non-hydrogen) atoms. The Balaban J connectivity index is 1.92. The van der Waals surface area contributed by atoms with Crippen LogP contribution in [0.2, 0.25) is 0 Å². The summed E-state index contributed by atoms with van der Waals surface area (Å²) in [6, 6.07) is 13.7. The van der Waals surface area contributed by atoms with E-state index >= 15 is 0 Å². The molecule has 2 nitrogen and oxygen atoms in total. The number of para-hydroxylation sites is 1. The predicted octanol–water partition coefficient (Wildman–Crippen LogP) is 3.75. The van der Waals surface area contributed by atoms with Crippen LogP contribution < -0.4 is 10.6 Å². The van der Waals surface area contributed by atoms with Crippen molar-refractivity contribution in [1.82, 2.24) is 0 Å². The van der Waals surface area contributed by atoms with Crippen LogP contribution in [0.15, 0.2) is 42.5 Å². The van der Waals surface area contributed by atoms with Gasteiger partial charge in [-0.05, 0) is 37.0 Å². The monoisotopic (exact) mass is 270 g/mol. The molecular weight excluding hydrogens is 251 g/mol. The summed E-state index contributed by atoms with van der Waals surface area (Å²) in [4.78, 5) is 2.26. The first-order valence-electron chi connectivity index (χ1n) is 7.11. The van der Waals surface area contributed by atoms with Crippen LogP contribution in [-0.2, 0) is 13.0 Å². The topological polar surface area (TPSA) is 29.3 Å². The van der Waals surface area contributed by atoms with Gasteiger partial charge >= 0.3 is 0 Å². The van der Waals surface area contributed by atoms with Crippen LogP contribution in [0.3, 0.4) is 0 Å². The number of halogens is 1. The number of rotatable bonds is 2. The molecule has 2 aromatic rings. The number of fused-ring (bicyclic) bond motifs is 1. The van der Waals surface area contributed by atoms with Crippen LogP contribution in [0.5, 0.6) is 0 Å². The fourth-order valence-electron chi connectivity index (χ4n) is 2.86. The fourth-order valence-corrected chi connectivity index (χ4v) is 2.86. The van der Waals surface area contributed by atoms with Gasteiger partial charge in [0.15, 0.2) is 5.82 Å². The van der Waals surface area contributed by atoms with Gasteiger partial charge in [0, 0.05) is 24.3 Å². The molecule has 104 valence electrons. The molecule has 0 aliphatic carbocycles. The lowest BCUT2D eigenvalue weighted by Crippen LogP contribution is -2.24. The molecule has 3 rings (SSSR count). The molecule has 0 spiro atoms. The molecule has 1 heterocycles. The van der Waals surface area contributed by atoms with Gasteiger partial charge in [0.1, 0.15) is 0 Å². The third-order valence-corrected chi connectivity index (χ3v) is 3.93. The van der Waals surface area contributed by atoms with E-state index < -0.39 is 0 Å². The van der Waals surface area contributed by atoms with Crippen LogP contribution in [0, 0.1) is 5.82 Å². The minimum Gasteiger partial charge on any atom is -0.396 e. The van der Waals surface area contributed by atoms with Crippen molar-refractivity contribution in [2.24, 2.45) is 0 Å². The molecule has 3 heteroatoms. The first-order valence-corrected chi connectivity index (χ1v) is 7.11. The second-order valence-electron chi connectivity index (χ2n) is 5.33. The van der Waals surface area contributed by atoms with Crippen molar-refractivity contribution in [3.63, 3.8) is 0 Å². The van der Waals surface area contributed by atoms with Gasteiger partial charge in [0.05, 0.1) is 5.69 Å². The Bertz CT molecular complexity index is 610. The SMILES string of the molecule is Nc1cccc(CN2CCCCc3ccccc32)c1F. The lowest BCUT2D eigenvalue weighted by atomic mass is 10.1. The Kier molecular flexibility index (Phi) is 3.59. The molecule has 0 aromatic heterocycles. The number of benzene rings is 2. The molecule has 2 N–H and O–H groups in total. The van der Waals surface area contributed by atoms with Crippen molar-refractivity contribution < 1.29 is 4.39 Å². The second kappa shape index (κ2) is 5.53. The number of nitrogen functional groups attached to an aromatic ring is 1. The van der Waals surface area contributed by atoms with E-state index in [0.717, 1.165) is 19.4 Å². The first kappa shape index (κ1) is 13.0. The highest BCUT2D eigenvalue weighted by atomic mass is 19.1. The van der Waals surface area contributed by atoms with Crippen molar-refractivity contribution in [1.29, 1.82) is 0 Å². The molecule has 2 aromatic carbocycles. The number of nitrogens with two attached hydrogens (primary N) is 1. The zero-order valence-corrected chi connectivity index (χ0v) is 11.5. The van der Waals surface area contributed by atoms with Crippen molar-refractivity contribution in [2.45, 2.75) is 25.8 Å². The normalized spacial score (nSPS) is 14.8. The average Bonchev–Trinajstić information content (AvgIpc) is 2.67. The zero-order valence-electron chi connectivity index (χ0n) is 11.5. The van der Waals surface area contributed by atoms with Crippen LogP contribution >= 0.6 is 0 Å².